The van der Waals surface area contributed by atoms with Gasteiger partial charge in [0.05, 0.1) is 12.8 Å². The van der Waals surface area contributed by atoms with Gasteiger partial charge >= 0.3 is 0 Å². The van der Waals surface area contributed by atoms with E-state index in [0.717, 1.165) is 12.8 Å². The van der Waals surface area contributed by atoms with Crippen LogP contribution in [0.2, 0.25) is 0 Å². The second kappa shape index (κ2) is 5.08. The van der Waals surface area contributed by atoms with E-state index in [1.54, 1.807) is 18.2 Å². The monoisotopic (exact) mass is 248 g/mol. The summed E-state index contributed by atoms with van der Waals surface area (Å²) >= 11 is 0. The fourth-order valence-electron chi connectivity index (χ4n) is 1.63. The van der Waals surface area contributed by atoms with Gasteiger partial charge in [-0.1, -0.05) is 0 Å². The van der Waals surface area contributed by atoms with Gasteiger partial charge in [0.2, 0.25) is 5.91 Å². The first kappa shape index (κ1) is 12.4. The zero-order valence-corrected chi connectivity index (χ0v) is 10.4. The van der Waals surface area contributed by atoms with Gasteiger partial charge in [-0.2, -0.15) is 0 Å². The number of hydrogen-bond acceptors (Lipinski definition) is 3. The van der Waals surface area contributed by atoms with Crippen LogP contribution in [0, 0.1) is 0 Å². The fourth-order valence-corrected chi connectivity index (χ4v) is 1.63. The number of rotatable bonds is 4. The van der Waals surface area contributed by atoms with Crippen LogP contribution in [-0.2, 0) is 4.79 Å². The highest BCUT2D eigenvalue weighted by Gasteiger charge is 2.24. The average molecular weight is 248 g/mol. The molecular weight excluding hydrogens is 232 g/mol. The van der Waals surface area contributed by atoms with Gasteiger partial charge in [-0.05, 0) is 31.0 Å². The van der Waals surface area contributed by atoms with Gasteiger partial charge in [-0.25, -0.2) is 0 Å². The van der Waals surface area contributed by atoms with Crippen molar-refractivity contribution in [3.8, 4) is 5.75 Å². The van der Waals surface area contributed by atoms with Crippen molar-refractivity contribution in [1.29, 1.82) is 0 Å². The number of methoxy groups -OCH3 is 1. The molecule has 0 bridgehead atoms. The van der Waals surface area contributed by atoms with Crippen LogP contribution in [0.15, 0.2) is 18.2 Å². The van der Waals surface area contributed by atoms with Crippen LogP contribution in [0.3, 0.4) is 0 Å². The van der Waals surface area contributed by atoms with Crippen LogP contribution in [-0.4, -0.2) is 25.0 Å². The number of benzene rings is 1. The maximum absolute atomic E-state index is 11.9. The summed E-state index contributed by atoms with van der Waals surface area (Å²) in [5, 5.41) is 5.54. The molecule has 0 heterocycles. The Kier molecular flexibility index (Phi) is 3.50. The van der Waals surface area contributed by atoms with Gasteiger partial charge < -0.3 is 15.4 Å². The molecule has 2 amide bonds. The van der Waals surface area contributed by atoms with E-state index in [1.165, 1.54) is 14.0 Å². The lowest BCUT2D eigenvalue weighted by Crippen LogP contribution is -2.25. The molecule has 0 aromatic heterocycles. The lowest BCUT2D eigenvalue weighted by molar-refractivity contribution is -0.114. The molecule has 0 atom stereocenters. The molecule has 5 heteroatoms. The van der Waals surface area contributed by atoms with Crippen molar-refractivity contribution < 1.29 is 14.3 Å². The first-order valence-corrected chi connectivity index (χ1v) is 5.86. The molecule has 18 heavy (non-hydrogen) atoms. The van der Waals surface area contributed by atoms with Crippen molar-refractivity contribution in [2.45, 2.75) is 25.8 Å². The Morgan fingerprint density at radius 3 is 2.61 bits per heavy atom. The van der Waals surface area contributed by atoms with E-state index in [2.05, 4.69) is 10.6 Å². The third kappa shape index (κ3) is 3.00. The smallest absolute Gasteiger partial charge is 0.251 e. The van der Waals surface area contributed by atoms with Crippen molar-refractivity contribution >= 4 is 17.5 Å². The van der Waals surface area contributed by atoms with Crippen molar-refractivity contribution in [2.75, 3.05) is 12.4 Å². The number of hydrogen-bond donors (Lipinski definition) is 2. The molecule has 1 aliphatic rings. The lowest BCUT2D eigenvalue weighted by Gasteiger charge is -2.11. The minimum absolute atomic E-state index is 0.119. The highest BCUT2D eigenvalue weighted by atomic mass is 16.5. The minimum Gasteiger partial charge on any atom is -0.495 e. The molecule has 0 radical (unpaired) electrons. The average Bonchev–Trinajstić information content (AvgIpc) is 3.12. The summed E-state index contributed by atoms with van der Waals surface area (Å²) in [6.07, 6.45) is 2.08. The summed E-state index contributed by atoms with van der Waals surface area (Å²) in [5.74, 6) is 0.216. The quantitative estimate of drug-likeness (QED) is 0.849. The van der Waals surface area contributed by atoms with Gasteiger partial charge in [-0.3, -0.25) is 9.59 Å². The number of anilines is 1. The molecule has 5 nitrogen and oxygen atoms in total. The largest absolute Gasteiger partial charge is 0.495 e. The third-order valence-electron chi connectivity index (χ3n) is 2.68. The number of carbonyl (C=O) groups is 2. The van der Waals surface area contributed by atoms with E-state index in [9.17, 15) is 9.59 Å². The van der Waals surface area contributed by atoms with Crippen molar-refractivity contribution in [3.63, 3.8) is 0 Å². The molecule has 1 aromatic rings. The van der Waals surface area contributed by atoms with Gasteiger partial charge in [-0.15, -0.1) is 0 Å². The Morgan fingerprint density at radius 1 is 1.33 bits per heavy atom. The molecule has 1 aliphatic carbocycles. The second-order valence-electron chi connectivity index (χ2n) is 4.34. The Bertz CT molecular complexity index is 481. The van der Waals surface area contributed by atoms with Gasteiger partial charge in [0.15, 0.2) is 0 Å². The highest BCUT2D eigenvalue weighted by Crippen LogP contribution is 2.26. The molecular formula is C13H16N2O3. The molecule has 1 fully saturated rings. The molecule has 0 spiro atoms. The van der Waals surface area contributed by atoms with Gasteiger partial charge in [0, 0.05) is 18.5 Å². The summed E-state index contributed by atoms with van der Waals surface area (Å²) in [5.41, 5.74) is 1.03. The minimum atomic E-state index is -0.201. The van der Waals surface area contributed by atoms with Crippen molar-refractivity contribution in [3.05, 3.63) is 23.8 Å². The predicted molar refractivity (Wildman–Crippen MR) is 67.8 cm³/mol. The van der Waals surface area contributed by atoms with Crippen LogP contribution in [0.5, 0.6) is 5.75 Å². The normalized spacial score (nSPS) is 13.9. The molecule has 0 aliphatic heterocycles. The summed E-state index contributed by atoms with van der Waals surface area (Å²) in [4.78, 5) is 23.0. The van der Waals surface area contributed by atoms with Gasteiger partial charge in [0.1, 0.15) is 5.75 Å². The van der Waals surface area contributed by atoms with Crippen LogP contribution in [0.4, 0.5) is 5.69 Å². The van der Waals surface area contributed by atoms with E-state index >= 15 is 0 Å². The number of amides is 2. The van der Waals surface area contributed by atoms with Crippen molar-refractivity contribution in [1.82, 2.24) is 5.32 Å². The molecule has 0 saturated heterocycles. The Balaban J connectivity index is 2.20. The number of nitrogens with one attached hydrogen (secondary N) is 2. The van der Waals surface area contributed by atoms with Crippen molar-refractivity contribution in [2.24, 2.45) is 0 Å². The zero-order chi connectivity index (χ0) is 13.1. The van der Waals surface area contributed by atoms with Crippen LogP contribution in [0.1, 0.15) is 30.1 Å². The van der Waals surface area contributed by atoms with E-state index < -0.39 is 0 Å². The first-order valence-electron chi connectivity index (χ1n) is 5.86. The Hall–Kier alpha value is -2.04. The number of ether oxygens (including phenoxy) is 1. The van der Waals surface area contributed by atoms with Crippen LogP contribution in [0.25, 0.3) is 0 Å². The summed E-state index contributed by atoms with van der Waals surface area (Å²) in [6.45, 7) is 1.41. The maximum Gasteiger partial charge on any atom is 0.251 e. The summed E-state index contributed by atoms with van der Waals surface area (Å²) in [7, 11) is 1.52. The van der Waals surface area contributed by atoms with Crippen LogP contribution >= 0.6 is 0 Å². The Labute approximate surface area is 106 Å². The molecule has 1 aromatic carbocycles. The van der Waals surface area contributed by atoms with E-state index in [4.69, 9.17) is 4.74 Å². The topological polar surface area (TPSA) is 67.4 Å². The molecule has 0 unspecified atom stereocenters. The Morgan fingerprint density at radius 2 is 2.06 bits per heavy atom. The molecule has 1 saturated carbocycles. The fraction of sp³-hybridized carbons (Fsp3) is 0.385. The first-order chi connectivity index (χ1) is 8.60. The second-order valence-corrected chi connectivity index (χ2v) is 4.34. The number of carbonyl (C=O) groups excluding carboxylic acids is 2. The molecule has 2 N–H and O–H groups in total. The summed E-state index contributed by atoms with van der Waals surface area (Å²) in [6, 6.07) is 5.29. The predicted octanol–water partition coefficient (Wildman–Crippen LogP) is 1.55. The standard InChI is InChI=1S/C13H16N2O3/c1-8(16)14-11-7-9(3-6-12(11)18-2)13(17)15-10-4-5-10/h3,6-7,10H,4-5H2,1-2H3,(H,14,16)(H,15,17). The highest BCUT2D eigenvalue weighted by molar-refractivity contribution is 5.98. The SMILES string of the molecule is COc1ccc(C(=O)NC2CC2)cc1NC(C)=O. The van der Waals surface area contributed by atoms with E-state index in [-0.39, 0.29) is 11.8 Å². The lowest BCUT2D eigenvalue weighted by atomic mass is 10.1. The zero-order valence-electron chi connectivity index (χ0n) is 10.4. The maximum atomic E-state index is 11.9. The van der Waals surface area contributed by atoms with E-state index in [0.29, 0.717) is 23.0 Å². The third-order valence-corrected chi connectivity index (χ3v) is 2.68. The van der Waals surface area contributed by atoms with Gasteiger partial charge in [0.25, 0.3) is 5.91 Å². The summed E-state index contributed by atoms with van der Waals surface area (Å²) < 4.78 is 5.13. The van der Waals surface area contributed by atoms with Crippen LogP contribution < -0.4 is 15.4 Å². The molecule has 2 rings (SSSR count). The van der Waals surface area contributed by atoms with E-state index in [1.807, 2.05) is 0 Å². The molecule has 96 valence electrons.